The number of carbonyl (C=O) groups excluding carboxylic acids is 1. The summed E-state index contributed by atoms with van der Waals surface area (Å²) in [5.41, 5.74) is -0.133. The molecule has 0 radical (unpaired) electrons. The number of halogens is 2. The molecule has 0 unspecified atom stereocenters. The highest BCUT2D eigenvalue weighted by Crippen LogP contribution is 2.32. The first kappa shape index (κ1) is 18.5. The van der Waals surface area contributed by atoms with Crippen LogP contribution in [0.5, 0.6) is 11.5 Å². The summed E-state index contributed by atoms with van der Waals surface area (Å²) in [6, 6.07) is 7.50. The third-order valence-electron chi connectivity index (χ3n) is 3.22. The number of anilines is 1. The lowest BCUT2D eigenvalue weighted by Crippen LogP contribution is -2.30. The van der Waals surface area contributed by atoms with E-state index in [0.717, 1.165) is 12.1 Å². The first-order valence-electron chi connectivity index (χ1n) is 7.07. The molecule has 0 saturated carbocycles. The Hall–Kier alpha value is -2.87. The van der Waals surface area contributed by atoms with Gasteiger partial charge in [-0.15, -0.1) is 0 Å². The van der Waals surface area contributed by atoms with Crippen LogP contribution in [0, 0.1) is 15.9 Å². The van der Waals surface area contributed by atoms with Crippen molar-refractivity contribution in [2.75, 3.05) is 12.4 Å². The Morgan fingerprint density at radius 1 is 1.32 bits per heavy atom. The zero-order valence-electron chi connectivity index (χ0n) is 13.3. The Bertz CT molecular complexity index is 815. The molecule has 0 saturated heterocycles. The molecule has 2 aromatic carbocycles. The minimum Gasteiger partial charge on any atom is -0.496 e. The lowest BCUT2D eigenvalue weighted by atomic mass is 10.2. The number of nitro groups is 1. The highest BCUT2D eigenvalue weighted by Gasteiger charge is 2.22. The molecule has 0 bridgehead atoms. The number of methoxy groups -OCH3 is 1. The molecule has 0 aliphatic heterocycles. The van der Waals surface area contributed by atoms with Crippen molar-refractivity contribution in [3.05, 3.63) is 57.4 Å². The molecule has 0 spiro atoms. The van der Waals surface area contributed by atoms with Gasteiger partial charge in [-0.2, -0.15) is 0 Å². The molecular formula is C16H14ClFN2O5. The van der Waals surface area contributed by atoms with Crippen molar-refractivity contribution in [3.63, 3.8) is 0 Å². The molecule has 132 valence electrons. The molecule has 0 fully saturated rings. The highest BCUT2D eigenvalue weighted by molar-refractivity contribution is 6.33. The van der Waals surface area contributed by atoms with E-state index in [0.29, 0.717) is 0 Å². The van der Waals surface area contributed by atoms with E-state index in [4.69, 9.17) is 21.1 Å². The topological polar surface area (TPSA) is 90.7 Å². The van der Waals surface area contributed by atoms with Crippen molar-refractivity contribution < 1.29 is 23.6 Å². The maximum Gasteiger partial charge on any atom is 0.314 e. The maximum atomic E-state index is 13.0. The van der Waals surface area contributed by atoms with Gasteiger partial charge in [0.1, 0.15) is 11.6 Å². The van der Waals surface area contributed by atoms with Crippen molar-refractivity contribution in [3.8, 4) is 11.5 Å². The Kier molecular flexibility index (Phi) is 5.76. The van der Waals surface area contributed by atoms with Gasteiger partial charge in [0.25, 0.3) is 5.91 Å². The fourth-order valence-electron chi connectivity index (χ4n) is 1.94. The number of nitrogens with zero attached hydrogens (tertiary/aromatic N) is 1. The second-order valence-electron chi connectivity index (χ2n) is 4.96. The summed E-state index contributed by atoms with van der Waals surface area (Å²) in [5, 5.41) is 13.6. The number of ether oxygens (including phenoxy) is 2. The molecule has 25 heavy (non-hydrogen) atoms. The lowest BCUT2D eigenvalue weighted by Gasteiger charge is -2.15. The molecule has 0 heterocycles. The van der Waals surface area contributed by atoms with E-state index >= 15 is 0 Å². The van der Waals surface area contributed by atoms with Crippen LogP contribution in [0.1, 0.15) is 6.92 Å². The van der Waals surface area contributed by atoms with Crippen LogP contribution in [-0.2, 0) is 4.79 Å². The van der Waals surface area contributed by atoms with E-state index in [-0.39, 0.29) is 27.9 Å². The number of carbonyl (C=O) groups is 1. The molecule has 2 rings (SSSR count). The third kappa shape index (κ3) is 4.57. The van der Waals surface area contributed by atoms with Gasteiger partial charge < -0.3 is 14.8 Å². The van der Waals surface area contributed by atoms with Crippen molar-refractivity contribution >= 4 is 28.9 Å². The summed E-state index contributed by atoms with van der Waals surface area (Å²) in [6.07, 6.45) is -1.06. The van der Waals surface area contributed by atoms with Gasteiger partial charge in [0.15, 0.2) is 11.9 Å². The molecule has 9 heteroatoms. The largest absolute Gasteiger partial charge is 0.496 e. The predicted molar refractivity (Wildman–Crippen MR) is 89.8 cm³/mol. The molecule has 1 N–H and O–H groups in total. The summed E-state index contributed by atoms with van der Waals surface area (Å²) >= 11 is 5.84. The number of hydrogen-bond acceptors (Lipinski definition) is 5. The first-order chi connectivity index (χ1) is 11.8. The van der Waals surface area contributed by atoms with Gasteiger partial charge in [-0.1, -0.05) is 11.6 Å². The van der Waals surface area contributed by atoms with Crippen molar-refractivity contribution in [2.45, 2.75) is 13.0 Å². The predicted octanol–water partition coefficient (Wildman–Crippen LogP) is 3.80. The second-order valence-corrected chi connectivity index (χ2v) is 5.37. The van der Waals surface area contributed by atoms with E-state index < -0.39 is 22.8 Å². The van der Waals surface area contributed by atoms with Crippen LogP contribution >= 0.6 is 11.6 Å². The van der Waals surface area contributed by atoms with E-state index in [9.17, 15) is 19.3 Å². The number of amides is 1. The Balaban J connectivity index is 2.14. The minimum absolute atomic E-state index is 0.0241. The fraction of sp³-hybridized carbons (Fsp3) is 0.188. The van der Waals surface area contributed by atoms with Gasteiger partial charge >= 0.3 is 5.69 Å². The molecule has 1 atom stereocenters. The quantitative estimate of drug-likeness (QED) is 0.618. The minimum atomic E-state index is -1.06. The smallest absolute Gasteiger partial charge is 0.314 e. The molecular weight excluding hydrogens is 355 g/mol. The zero-order valence-corrected chi connectivity index (χ0v) is 14.0. The van der Waals surface area contributed by atoms with Gasteiger partial charge in [0.2, 0.25) is 0 Å². The number of hydrogen-bond donors (Lipinski definition) is 1. The van der Waals surface area contributed by atoms with Crippen LogP contribution in [0.3, 0.4) is 0 Å². The molecule has 0 aromatic heterocycles. The number of benzene rings is 2. The number of rotatable bonds is 6. The summed E-state index contributed by atoms with van der Waals surface area (Å²) in [7, 11) is 1.38. The van der Waals surface area contributed by atoms with Crippen LogP contribution in [-0.4, -0.2) is 24.0 Å². The summed E-state index contributed by atoms with van der Waals surface area (Å²) in [5.74, 6) is -0.937. The molecule has 0 aliphatic rings. The van der Waals surface area contributed by atoms with Gasteiger partial charge in [0.05, 0.1) is 28.8 Å². The highest BCUT2D eigenvalue weighted by atomic mass is 35.5. The van der Waals surface area contributed by atoms with Crippen LogP contribution < -0.4 is 14.8 Å². The normalized spacial score (nSPS) is 11.5. The second kappa shape index (κ2) is 7.80. The standard InChI is InChI=1S/C16H14ClFN2O5/c1-9(16(21)19-13-5-3-10(18)7-12(13)17)25-15-6-4-11(24-2)8-14(15)20(22)23/h3-9H,1-2H3,(H,19,21)/t9-/m1/s1. The Morgan fingerprint density at radius 3 is 2.64 bits per heavy atom. The molecule has 0 aliphatic carbocycles. The van der Waals surface area contributed by atoms with Crippen LogP contribution in [0.15, 0.2) is 36.4 Å². The average Bonchev–Trinajstić information content (AvgIpc) is 2.57. The molecule has 7 nitrogen and oxygen atoms in total. The molecule has 2 aromatic rings. The van der Waals surface area contributed by atoms with Crippen molar-refractivity contribution in [2.24, 2.45) is 0 Å². The van der Waals surface area contributed by atoms with Crippen LogP contribution in [0.4, 0.5) is 15.8 Å². The monoisotopic (exact) mass is 368 g/mol. The van der Waals surface area contributed by atoms with Gasteiger partial charge in [-0.25, -0.2) is 4.39 Å². The SMILES string of the molecule is COc1ccc(O[C@H](C)C(=O)Nc2ccc(F)cc2Cl)c([N+](=O)[O-])c1. The van der Waals surface area contributed by atoms with Gasteiger partial charge in [0, 0.05) is 0 Å². The number of nitro benzene ring substituents is 1. The van der Waals surface area contributed by atoms with Crippen molar-refractivity contribution in [1.82, 2.24) is 0 Å². The Labute approximate surface area is 147 Å². The van der Waals surface area contributed by atoms with E-state index in [1.807, 2.05) is 0 Å². The van der Waals surface area contributed by atoms with Crippen LogP contribution in [0.25, 0.3) is 0 Å². The summed E-state index contributed by atoms with van der Waals surface area (Å²) in [6.45, 7) is 1.42. The summed E-state index contributed by atoms with van der Waals surface area (Å²) in [4.78, 5) is 22.7. The average molecular weight is 369 g/mol. The third-order valence-corrected chi connectivity index (χ3v) is 3.54. The Morgan fingerprint density at radius 2 is 2.04 bits per heavy atom. The lowest BCUT2D eigenvalue weighted by molar-refractivity contribution is -0.386. The van der Waals surface area contributed by atoms with Crippen LogP contribution in [0.2, 0.25) is 5.02 Å². The molecule has 1 amide bonds. The summed E-state index contributed by atoms with van der Waals surface area (Å²) < 4.78 is 23.3. The van der Waals surface area contributed by atoms with Crippen molar-refractivity contribution in [1.29, 1.82) is 0 Å². The number of nitrogens with one attached hydrogen (secondary N) is 1. The maximum absolute atomic E-state index is 13.0. The first-order valence-corrected chi connectivity index (χ1v) is 7.44. The van der Waals surface area contributed by atoms with E-state index in [2.05, 4.69) is 5.32 Å². The van der Waals surface area contributed by atoms with Gasteiger partial charge in [-0.05, 0) is 37.3 Å². The fourth-order valence-corrected chi connectivity index (χ4v) is 2.15. The van der Waals surface area contributed by atoms with E-state index in [1.165, 1.54) is 38.3 Å². The zero-order chi connectivity index (χ0) is 18.6. The van der Waals surface area contributed by atoms with Gasteiger partial charge in [-0.3, -0.25) is 14.9 Å². The van der Waals surface area contributed by atoms with E-state index in [1.54, 1.807) is 0 Å².